The number of hydrogen-bond donors (Lipinski definition) is 1. The van der Waals surface area contributed by atoms with Gasteiger partial charge in [-0.1, -0.05) is 51.7 Å². The Hall–Kier alpha value is -2.16. The fourth-order valence-electron chi connectivity index (χ4n) is 2.77. The van der Waals surface area contributed by atoms with Crippen LogP contribution in [0.3, 0.4) is 0 Å². The molecule has 0 amide bonds. The standard InChI is InChI=1S/C24H35NO2/c1-4-6-7-8-9-18-26-23-14-10-21(11-15-23)19-25-22-12-16-24(17-13-22)27-20(3)5-2/h10-17,20,25H,4-9,18-19H2,1-3H3. The summed E-state index contributed by atoms with van der Waals surface area (Å²) in [6.07, 6.45) is 7.59. The van der Waals surface area contributed by atoms with E-state index in [-0.39, 0.29) is 6.10 Å². The molecule has 0 saturated heterocycles. The van der Waals surface area contributed by atoms with Crippen molar-refractivity contribution in [3.63, 3.8) is 0 Å². The number of hydrogen-bond acceptors (Lipinski definition) is 3. The minimum absolute atomic E-state index is 0.251. The summed E-state index contributed by atoms with van der Waals surface area (Å²) in [5, 5.41) is 3.45. The Morgan fingerprint density at radius 2 is 1.48 bits per heavy atom. The second-order valence-electron chi connectivity index (χ2n) is 7.12. The first-order valence-corrected chi connectivity index (χ1v) is 10.4. The number of benzene rings is 2. The van der Waals surface area contributed by atoms with E-state index in [0.29, 0.717) is 0 Å². The van der Waals surface area contributed by atoms with Gasteiger partial charge in [0.1, 0.15) is 11.5 Å². The molecule has 0 aliphatic heterocycles. The van der Waals surface area contributed by atoms with Crippen molar-refractivity contribution in [3.8, 4) is 11.5 Å². The van der Waals surface area contributed by atoms with Crippen LogP contribution >= 0.6 is 0 Å². The van der Waals surface area contributed by atoms with Gasteiger partial charge in [0.2, 0.25) is 0 Å². The predicted molar refractivity (Wildman–Crippen MR) is 115 cm³/mol. The van der Waals surface area contributed by atoms with Crippen molar-refractivity contribution in [2.24, 2.45) is 0 Å². The van der Waals surface area contributed by atoms with Crippen LogP contribution in [0, 0.1) is 0 Å². The molecule has 3 heteroatoms. The molecule has 0 aliphatic rings. The van der Waals surface area contributed by atoms with Gasteiger partial charge in [0.25, 0.3) is 0 Å². The molecular weight excluding hydrogens is 334 g/mol. The van der Waals surface area contributed by atoms with E-state index >= 15 is 0 Å². The minimum atomic E-state index is 0.251. The Balaban J connectivity index is 1.70. The highest BCUT2D eigenvalue weighted by atomic mass is 16.5. The van der Waals surface area contributed by atoms with E-state index in [1.165, 1.54) is 31.2 Å². The Labute approximate surface area is 165 Å². The Morgan fingerprint density at radius 1 is 0.815 bits per heavy atom. The lowest BCUT2D eigenvalue weighted by Gasteiger charge is -2.13. The van der Waals surface area contributed by atoms with Gasteiger partial charge >= 0.3 is 0 Å². The molecule has 0 spiro atoms. The zero-order valence-corrected chi connectivity index (χ0v) is 17.2. The number of ether oxygens (including phenoxy) is 2. The van der Waals surface area contributed by atoms with Crippen molar-refractivity contribution >= 4 is 5.69 Å². The van der Waals surface area contributed by atoms with Gasteiger partial charge in [-0.25, -0.2) is 0 Å². The molecule has 0 aliphatic carbocycles. The number of anilines is 1. The highest BCUT2D eigenvalue weighted by Gasteiger charge is 2.01. The van der Waals surface area contributed by atoms with Gasteiger partial charge in [-0.2, -0.15) is 0 Å². The van der Waals surface area contributed by atoms with Crippen LogP contribution in [-0.4, -0.2) is 12.7 Å². The zero-order valence-electron chi connectivity index (χ0n) is 17.2. The van der Waals surface area contributed by atoms with E-state index in [0.717, 1.165) is 43.2 Å². The highest BCUT2D eigenvalue weighted by molar-refractivity contribution is 5.47. The molecule has 27 heavy (non-hydrogen) atoms. The van der Waals surface area contributed by atoms with E-state index in [1.54, 1.807) is 0 Å². The summed E-state index contributed by atoms with van der Waals surface area (Å²) in [5.74, 6) is 1.88. The molecule has 1 N–H and O–H groups in total. The molecule has 0 bridgehead atoms. The van der Waals surface area contributed by atoms with Crippen molar-refractivity contribution < 1.29 is 9.47 Å². The van der Waals surface area contributed by atoms with Gasteiger partial charge in [0, 0.05) is 12.2 Å². The van der Waals surface area contributed by atoms with Crippen molar-refractivity contribution in [1.82, 2.24) is 0 Å². The van der Waals surface area contributed by atoms with Crippen LogP contribution < -0.4 is 14.8 Å². The van der Waals surface area contributed by atoms with Gasteiger partial charge in [0.05, 0.1) is 12.7 Å². The first kappa shape index (κ1) is 21.1. The van der Waals surface area contributed by atoms with Crippen molar-refractivity contribution in [2.75, 3.05) is 11.9 Å². The normalized spacial score (nSPS) is 11.8. The monoisotopic (exact) mass is 369 g/mol. The van der Waals surface area contributed by atoms with Crippen LogP contribution in [0.15, 0.2) is 48.5 Å². The largest absolute Gasteiger partial charge is 0.494 e. The maximum Gasteiger partial charge on any atom is 0.119 e. The molecule has 0 saturated carbocycles. The van der Waals surface area contributed by atoms with Gasteiger partial charge in [0.15, 0.2) is 0 Å². The average Bonchev–Trinajstić information content (AvgIpc) is 2.71. The molecule has 0 fully saturated rings. The third-order valence-corrected chi connectivity index (χ3v) is 4.70. The number of nitrogens with one attached hydrogen (secondary N) is 1. The summed E-state index contributed by atoms with van der Waals surface area (Å²) in [4.78, 5) is 0. The smallest absolute Gasteiger partial charge is 0.119 e. The van der Waals surface area contributed by atoms with Gasteiger partial charge in [-0.15, -0.1) is 0 Å². The summed E-state index contributed by atoms with van der Waals surface area (Å²) in [6.45, 7) is 8.07. The Morgan fingerprint density at radius 3 is 2.15 bits per heavy atom. The first-order chi connectivity index (χ1) is 13.2. The van der Waals surface area contributed by atoms with Crippen LogP contribution in [-0.2, 0) is 6.54 Å². The molecule has 148 valence electrons. The second-order valence-corrected chi connectivity index (χ2v) is 7.12. The van der Waals surface area contributed by atoms with Crippen LogP contribution in [0.5, 0.6) is 11.5 Å². The molecular formula is C24H35NO2. The lowest BCUT2D eigenvalue weighted by Crippen LogP contribution is -2.09. The molecule has 3 nitrogen and oxygen atoms in total. The SMILES string of the molecule is CCCCCCCOc1ccc(CNc2ccc(OC(C)CC)cc2)cc1. The maximum atomic E-state index is 5.82. The summed E-state index contributed by atoms with van der Waals surface area (Å²) < 4.78 is 11.6. The van der Waals surface area contributed by atoms with Gasteiger partial charge < -0.3 is 14.8 Å². The Bertz CT molecular complexity index is 622. The van der Waals surface area contributed by atoms with E-state index in [4.69, 9.17) is 9.47 Å². The minimum Gasteiger partial charge on any atom is -0.494 e. The van der Waals surface area contributed by atoms with Crippen molar-refractivity contribution in [1.29, 1.82) is 0 Å². The summed E-state index contributed by atoms with van der Waals surface area (Å²) in [5.41, 5.74) is 2.34. The fourth-order valence-corrected chi connectivity index (χ4v) is 2.77. The molecule has 2 aromatic carbocycles. The predicted octanol–water partition coefficient (Wildman–Crippen LogP) is 6.83. The van der Waals surface area contributed by atoms with Gasteiger partial charge in [-0.3, -0.25) is 0 Å². The van der Waals surface area contributed by atoms with Crippen LogP contribution in [0.1, 0.15) is 64.9 Å². The van der Waals surface area contributed by atoms with Crippen LogP contribution in [0.2, 0.25) is 0 Å². The molecule has 0 heterocycles. The van der Waals surface area contributed by atoms with E-state index in [2.05, 4.69) is 62.5 Å². The van der Waals surface area contributed by atoms with Gasteiger partial charge in [-0.05, 0) is 61.7 Å². The van der Waals surface area contributed by atoms with Crippen molar-refractivity contribution in [3.05, 3.63) is 54.1 Å². The van der Waals surface area contributed by atoms with E-state index in [1.807, 2.05) is 12.1 Å². The summed E-state index contributed by atoms with van der Waals surface area (Å²) in [7, 11) is 0. The number of rotatable bonds is 13. The Kier molecular flexibility index (Phi) is 9.61. The first-order valence-electron chi connectivity index (χ1n) is 10.4. The molecule has 0 radical (unpaired) electrons. The fraction of sp³-hybridized carbons (Fsp3) is 0.500. The topological polar surface area (TPSA) is 30.5 Å². The van der Waals surface area contributed by atoms with E-state index < -0.39 is 0 Å². The van der Waals surface area contributed by atoms with Crippen molar-refractivity contribution in [2.45, 2.75) is 71.9 Å². The molecule has 1 atom stereocenters. The molecule has 1 unspecified atom stereocenters. The van der Waals surface area contributed by atoms with E-state index in [9.17, 15) is 0 Å². The zero-order chi connectivity index (χ0) is 19.3. The third kappa shape index (κ3) is 8.38. The average molecular weight is 370 g/mol. The highest BCUT2D eigenvalue weighted by Crippen LogP contribution is 2.19. The summed E-state index contributed by atoms with van der Waals surface area (Å²) >= 11 is 0. The maximum absolute atomic E-state index is 5.82. The molecule has 2 aromatic rings. The van der Waals surface area contributed by atoms with Crippen LogP contribution in [0.4, 0.5) is 5.69 Å². The lowest BCUT2D eigenvalue weighted by atomic mass is 10.2. The quantitative estimate of drug-likeness (QED) is 0.393. The summed E-state index contributed by atoms with van der Waals surface area (Å²) in [6, 6.07) is 16.5. The lowest BCUT2D eigenvalue weighted by molar-refractivity contribution is 0.217. The number of unbranched alkanes of at least 4 members (excludes halogenated alkanes) is 4. The van der Waals surface area contributed by atoms with Crippen LogP contribution in [0.25, 0.3) is 0 Å². The molecule has 2 rings (SSSR count). The molecule has 0 aromatic heterocycles. The second kappa shape index (κ2) is 12.3. The third-order valence-electron chi connectivity index (χ3n) is 4.70.